The molecule has 2 aromatic rings. The summed E-state index contributed by atoms with van der Waals surface area (Å²) >= 11 is 0. The third-order valence-corrected chi connectivity index (χ3v) is 4.97. The maximum atomic E-state index is 12.4. The molecule has 0 spiro atoms. The summed E-state index contributed by atoms with van der Waals surface area (Å²) in [4.78, 5) is 14.1. The van der Waals surface area contributed by atoms with Crippen molar-refractivity contribution in [3.63, 3.8) is 0 Å². The Labute approximate surface area is 161 Å². The van der Waals surface area contributed by atoms with Crippen LogP contribution in [-0.2, 0) is 13.1 Å². The summed E-state index contributed by atoms with van der Waals surface area (Å²) in [7, 11) is 1.57. The second-order valence-electron chi connectivity index (χ2n) is 6.93. The highest BCUT2D eigenvalue weighted by Crippen LogP contribution is 2.28. The Hall–Kier alpha value is -2.53. The van der Waals surface area contributed by atoms with E-state index in [1.807, 2.05) is 6.92 Å². The smallest absolute Gasteiger partial charge is 0.251 e. The van der Waals surface area contributed by atoms with E-state index >= 15 is 0 Å². The molecule has 0 aromatic heterocycles. The number of likely N-dealkylation sites (tertiary alicyclic amines) is 1. The van der Waals surface area contributed by atoms with Crippen molar-refractivity contribution in [1.29, 1.82) is 0 Å². The van der Waals surface area contributed by atoms with Gasteiger partial charge in [-0.15, -0.1) is 0 Å². The van der Waals surface area contributed by atoms with Gasteiger partial charge in [0.05, 0.1) is 26.8 Å². The summed E-state index contributed by atoms with van der Waals surface area (Å²) in [5.74, 6) is 1.09. The van der Waals surface area contributed by atoms with E-state index in [0.29, 0.717) is 30.2 Å². The van der Waals surface area contributed by atoms with Gasteiger partial charge in [0.1, 0.15) is 6.54 Å². The Morgan fingerprint density at radius 1 is 1.04 bits per heavy atom. The van der Waals surface area contributed by atoms with Crippen LogP contribution in [0, 0.1) is 0 Å². The summed E-state index contributed by atoms with van der Waals surface area (Å²) in [6.45, 7) is 6.63. The molecular weight excluding hydrogens is 340 g/mol. The summed E-state index contributed by atoms with van der Waals surface area (Å²) in [5.41, 5.74) is 3.02. The Morgan fingerprint density at radius 2 is 1.74 bits per heavy atom. The molecular formula is C22H29N2O3+. The molecule has 27 heavy (non-hydrogen) atoms. The molecule has 2 N–H and O–H groups in total. The van der Waals surface area contributed by atoms with Gasteiger partial charge < -0.3 is 19.7 Å². The summed E-state index contributed by atoms with van der Waals surface area (Å²) < 4.78 is 10.8. The van der Waals surface area contributed by atoms with Crippen LogP contribution in [0.3, 0.4) is 0 Å². The molecule has 0 radical (unpaired) electrons. The first-order chi connectivity index (χ1) is 13.2. The van der Waals surface area contributed by atoms with Gasteiger partial charge in [0.15, 0.2) is 11.5 Å². The first-order valence-corrected chi connectivity index (χ1v) is 9.70. The lowest BCUT2D eigenvalue weighted by Crippen LogP contribution is -3.08. The Bertz CT molecular complexity index is 753. The molecule has 2 aromatic carbocycles. The fourth-order valence-corrected chi connectivity index (χ4v) is 3.48. The minimum atomic E-state index is -0.123. The molecule has 1 aliphatic rings. The second-order valence-corrected chi connectivity index (χ2v) is 6.93. The normalized spacial score (nSPS) is 14.1. The van der Waals surface area contributed by atoms with Gasteiger partial charge in [0.2, 0.25) is 0 Å². The number of amides is 1. The van der Waals surface area contributed by atoms with E-state index in [0.717, 1.165) is 12.1 Å². The lowest BCUT2D eigenvalue weighted by molar-refractivity contribution is -0.901. The number of ether oxygens (including phenoxy) is 2. The second kappa shape index (κ2) is 9.42. The zero-order valence-corrected chi connectivity index (χ0v) is 16.2. The van der Waals surface area contributed by atoms with Crippen LogP contribution in [0.25, 0.3) is 0 Å². The number of benzene rings is 2. The lowest BCUT2D eigenvalue weighted by atomic mass is 10.1. The first kappa shape index (κ1) is 19.2. The van der Waals surface area contributed by atoms with Crippen LogP contribution < -0.4 is 19.7 Å². The van der Waals surface area contributed by atoms with Crippen molar-refractivity contribution in [2.24, 2.45) is 0 Å². The minimum absolute atomic E-state index is 0.123. The molecule has 1 aliphatic heterocycles. The summed E-state index contributed by atoms with van der Waals surface area (Å²) in [5, 5.41) is 2.97. The van der Waals surface area contributed by atoms with Crippen molar-refractivity contribution in [3.05, 3.63) is 59.2 Å². The fourth-order valence-electron chi connectivity index (χ4n) is 3.48. The molecule has 5 nitrogen and oxygen atoms in total. The fraction of sp³-hybridized carbons (Fsp3) is 0.409. The van der Waals surface area contributed by atoms with Gasteiger partial charge >= 0.3 is 0 Å². The molecule has 0 atom stereocenters. The van der Waals surface area contributed by atoms with Crippen molar-refractivity contribution in [1.82, 2.24) is 5.32 Å². The molecule has 0 unspecified atom stereocenters. The average molecular weight is 369 g/mol. The van der Waals surface area contributed by atoms with E-state index in [-0.39, 0.29) is 5.91 Å². The lowest BCUT2D eigenvalue weighted by Gasteiger charge is -2.13. The van der Waals surface area contributed by atoms with Crippen molar-refractivity contribution in [3.8, 4) is 11.5 Å². The predicted molar refractivity (Wildman–Crippen MR) is 105 cm³/mol. The molecule has 1 saturated heterocycles. The van der Waals surface area contributed by atoms with Crippen LogP contribution in [0.4, 0.5) is 0 Å². The molecule has 0 bridgehead atoms. The third kappa shape index (κ3) is 5.23. The molecule has 0 saturated carbocycles. The van der Waals surface area contributed by atoms with E-state index in [9.17, 15) is 4.79 Å². The van der Waals surface area contributed by atoms with Crippen molar-refractivity contribution in [2.75, 3.05) is 26.8 Å². The molecule has 144 valence electrons. The number of methoxy groups -OCH3 is 1. The van der Waals surface area contributed by atoms with Crippen molar-refractivity contribution >= 4 is 5.91 Å². The minimum Gasteiger partial charge on any atom is -0.493 e. The number of carbonyl (C=O) groups excluding carboxylic acids is 1. The quantitative estimate of drug-likeness (QED) is 0.750. The van der Waals surface area contributed by atoms with Crippen LogP contribution in [0.1, 0.15) is 41.3 Å². The number of quaternary nitrogens is 1. The molecule has 1 amide bonds. The highest BCUT2D eigenvalue weighted by atomic mass is 16.5. The molecule has 1 fully saturated rings. The van der Waals surface area contributed by atoms with E-state index in [4.69, 9.17) is 9.47 Å². The number of nitrogens with one attached hydrogen (secondary N) is 2. The largest absolute Gasteiger partial charge is 0.493 e. The van der Waals surface area contributed by atoms with Gasteiger partial charge in [-0.3, -0.25) is 4.79 Å². The van der Waals surface area contributed by atoms with Gasteiger partial charge in [0.25, 0.3) is 5.91 Å². The van der Waals surface area contributed by atoms with E-state index in [2.05, 4.69) is 29.6 Å². The van der Waals surface area contributed by atoms with Crippen molar-refractivity contribution < 1.29 is 19.2 Å². The third-order valence-electron chi connectivity index (χ3n) is 4.97. The van der Waals surface area contributed by atoms with E-state index in [1.54, 1.807) is 30.2 Å². The Balaban J connectivity index is 1.55. The molecule has 5 heteroatoms. The molecule has 1 heterocycles. The van der Waals surface area contributed by atoms with E-state index < -0.39 is 0 Å². The van der Waals surface area contributed by atoms with Gasteiger partial charge in [0, 0.05) is 30.5 Å². The number of rotatable bonds is 8. The molecule has 0 aliphatic carbocycles. The van der Waals surface area contributed by atoms with Gasteiger partial charge in [-0.1, -0.05) is 24.3 Å². The Morgan fingerprint density at radius 3 is 2.41 bits per heavy atom. The predicted octanol–water partition coefficient (Wildman–Crippen LogP) is 2.20. The highest BCUT2D eigenvalue weighted by Gasteiger charge is 2.15. The average Bonchev–Trinajstić information content (AvgIpc) is 3.21. The maximum Gasteiger partial charge on any atom is 0.251 e. The summed E-state index contributed by atoms with van der Waals surface area (Å²) in [6.07, 6.45) is 2.69. The first-order valence-electron chi connectivity index (χ1n) is 9.70. The van der Waals surface area contributed by atoms with Crippen molar-refractivity contribution in [2.45, 2.75) is 32.9 Å². The van der Waals surface area contributed by atoms with Gasteiger partial charge in [-0.05, 0) is 30.7 Å². The standard InChI is InChI=1S/C22H28N2O3/c1-3-27-20-11-10-19(14-21(20)26-2)22(25)23-15-17-6-8-18(9-7-17)16-24-12-4-5-13-24/h6-11,14H,3-5,12-13,15-16H2,1-2H3,(H,23,25)/p+1. The van der Waals surface area contributed by atoms with Gasteiger partial charge in [-0.2, -0.15) is 0 Å². The number of hydrogen-bond acceptors (Lipinski definition) is 3. The van der Waals surface area contributed by atoms with Gasteiger partial charge in [-0.25, -0.2) is 0 Å². The zero-order chi connectivity index (χ0) is 19.1. The SMILES string of the molecule is CCOc1ccc(C(=O)NCc2ccc(C[NH+]3CCCC3)cc2)cc1OC. The number of hydrogen-bond donors (Lipinski definition) is 2. The topological polar surface area (TPSA) is 52.0 Å². The van der Waals surface area contributed by atoms with Crippen LogP contribution >= 0.6 is 0 Å². The highest BCUT2D eigenvalue weighted by molar-refractivity contribution is 5.94. The molecule has 3 rings (SSSR count). The van der Waals surface area contributed by atoms with E-state index in [1.165, 1.54) is 31.5 Å². The maximum absolute atomic E-state index is 12.4. The number of carbonyl (C=O) groups is 1. The zero-order valence-electron chi connectivity index (χ0n) is 16.2. The Kier molecular flexibility index (Phi) is 6.71. The van der Waals surface area contributed by atoms with Crippen LogP contribution in [0.5, 0.6) is 11.5 Å². The van der Waals surface area contributed by atoms with Crippen LogP contribution in [-0.4, -0.2) is 32.7 Å². The summed E-state index contributed by atoms with van der Waals surface area (Å²) in [6, 6.07) is 13.8. The van der Waals surface area contributed by atoms with Crippen LogP contribution in [0.2, 0.25) is 0 Å². The van der Waals surface area contributed by atoms with Crippen LogP contribution in [0.15, 0.2) is 42.5 Å². The monoisotopic (exact) mass is 369 g/mol.